The first-order chi connectivity index (χ1) is 15.2. The van der Waals surface area contributed by atoms with Crippen molar-refractivity contribution in [2.24, 2.45) is 5.10 Å². The molecule has 0 radical (unpaired) electrons. The molecular weight excluding hydrogens is 392 g/mol. The number of phenols is 1. The smallest absolute Gasteiger partial charge is 0.289 e. The van der Waals surface area contributed by atoms with Crippen molar-refractivity contribution in [1.29, 1.82) is 0 Å². The molecule has 0 aliphatic heterocycles. The third kappa shape index (κ3) is 4.45. The highest BCUT2D eigenvalue weighted by molar-refractivity contribution is 5.94. The van der Waals surface area contributed by atoms with Gasteiger partial charge in [-0.25, -0.2) is 5.43 Å². The van der Waals surface area contributed by atoms with Crippen LogP contribution in [-0.2, 0) is 0 Å². The van der Waals surface area contributed by atoms with Gasteiger partial charge in [0.25, 0.3) is 5.91 Å². The molecule has 1 amide bonds. The molecule has 31 heavy (non-hydrogen) atoms. The highest BCUT2D eigenvalue weighted by Gasteiger charge is 2.11. The molecule has 0 spiro atoms. The van der Waals surface area contributed by atoms with Crippen LogP contribution in [0.15, 0.2) is 84.0 Å². The van der Waals surface area contributed by atoms with E-state index in [4.69, 9.17) is 4.74 Å². The second-order valence-corrected chi connectivity index (χ2v) is 6.71. The zero-order valence-corrected chi connectivity index (χ0v) is 16.7. The number of aromatic nitrogens is 2. The Morgan fingerprint density at radius 2 is 1.71 bits per heavy atom. The third-order valence-corrected chi connectivity index (χ3v) is 4.73. The highest BCUT2D eigenvalue weighted by atomic mass is 16.5. The van der Waals surface area contributed by atoms with Crippen molar-refractivity contribution in [3.63, 3.8) is 0 Å². The van der Waals surface area contributed by atoms with Crippen molar-refractivity contribution in [1.82, 2.24) is 15.6 Å². The molecule has 0 aliphatic carbocycles. The second-order valence-electron chi connectivity index (χ2n) is 6.71. The molecule has 7 heteroatoms. The Labute approximate surface area is 179 Å². The van der Waals surface area contributed by atoms with Crippen LogP contribution in [0.1, 0.15) is 16.1 Å². The lowest BCUT2D eigenvalue weighted by Crippen LogP contribution is -2.18. The van der Waals surface area contributed by atoms with E-state index >= 15 is 0 Å². The van der Waals surface area contributed by atoms with Crippen LogP contribution >= 0.6 is 0 Å². The van der Waals surface area contributed by atoms with E-state index in [9.17, 15) is 9.90 Å². The minimum absolute atomic E-state index is 0.0502. The number of benzene rings is 3. The molecule has 1 aromatic heterocycles. The first kappa shape index (κ1) is 19.9. The topological polar surface area (TPSA) is 99.6 Å². The number of carbonyl (C=O) groups is 1. The van der Waals surface area contributed by atoms with Crippen molar-refractivity contribution in [2.75, 3.05) is 7.11 Å². The van der Waals surface area contributed by atoms with Crippen molar-refractivity contribution in [3.05, 3.63) is 90.1 Å². The van der Waals surface area contributed by atoms with Gasteiger partial charge >= 0.3 is 0 Å². The quantitative estimate of drug-likeness (QED) is 0.326. The normalized spacial score (nSPS) is 10.9. The third-order valence-electron chi connectivity index (χ3n) is 4.73. The number of aromatic amines is 1. The Bertz CT molecular complexity index is 1220. The zero-order valence-electron chi connectivity index (χ0n) is 16.7. The summed E-state index contributed by atoms with van der Waals surface area (Å²) in [6.45, 7) is 0. The number of nitrogens with zero attached hydrogens (tertiary/aromatic N) is 2. The predicted molar refractivity (Wildman–Crippen MR) is 119 cm³/mol. The highest BCUT2D eigenvalue weighted by Crippen LogP contribution is 2.28. The fraction of sp³-hybridized carbons (Fsp3) is 0.0417. The minimum Gasteiger partial charge on any atom is -0.504 e. The molecule has 0 bridgehead atoms. The lowest BCUT2D eigenvalue weighted by Gasteiger charge is -2.04. The number of ether oxygens (including phenoxy) is 1. The number of para-hydroxylation sites is 1. The van der Waals surface area contributed by atoms with Crippen LogP contribution in [0, 0.1) is 0 Å². The Kier molecular flexibility index (Phi) is 5.75. The molecule has 7 nitrogen and oxygen atoms in total. The fourth-order valence-corrected chi connectivity index (χ4v) is 3.08. The van der Waals surface area contributed by atoms with Gasteiger partial charge in [0, 0.05) is 11.1 Å². The number of rotatable bonds is 6. The summed E-state index contributed by atoms with van der Waals surface area (Å²) in [6, 6.07) is 24.7. The largest absolute Gasteiger partial charge is 0.504 e. The van der Waals surface area contributed by atoms with Crippen molar-refractivity contribution >= 4 is 12.1 Å². The monoisotopic (exact) mass is 412 g/mol. The lowest BCUT2D eigenvalue weighted by molar-refractivity contribution is 0.0950. The standard InChI is InChI=1S/C24H20N4O3/c1-31-22-9-5-8-19(23(22)29)15-25-28-24(30)21-14-20(26-27-21)18-12-10-17(11-13-18)16-6-3-2-4-7-16/h2-15,29H,1H3,(H,26,27)(H,28,30). The fourth-order valence-electron chi connectivity index (χ4n) is 3.08. The number of phenolic OH excluding ortho intramolecular Hbond substituents is 1. The average molecular weight is 412 g/mol. The molecule has 1 heterocycles. The Hall–Kier alpha value is -4.39. The van der Waals surface area contributed by atoms with Gasteiger partial charge in [-0.15, -0.1) is 0 Å². The van der Waals surface area contributed by atoms with Crippen LogP contribution in [0.5, 0.6) is 11.5 Å². The van der Waals surface area contributed by atoms with E-state index in [0.717, 1.165) is 16.7 Å². The van der Waals surface area contributed by atoms with Crippen molar-refractivity contribution < 1.29 is 14.6 Å². The Morgan fingerprint density at radius 1 is 1.00 bits per heavy atom. The van der Waals surface area contributed by atoms with Crippen LogP contribution in [0.3, 0.4) is 0 Å². The predicted octanol–water partition coefficient (Wildman–Crippen LogP) is 4.22. The molecule has 0 saturated carbocycles. The van der Waals surface area contributed by atoms with E-state index in [2.05, 4.69) is 32.9 Å². The van der Waals surface area contributed by atoms with Gasteiger partial charge in [0.05, 0.1) is 19.0 Å². The van der Waals surface area contributed by atoms with Gasteiger partial charge in [0.15, 0.2) is 11.5 Å². The lowest BCUT2D eigenvalue weighted by atomic mass is 10.0. The Balaban J connectivity index is 1.43. The van der Waals surface area contributed by atoms with E-state index in [1.165, 1.54) is 13.3 Å². The van der Waals surface area contributed by atoms with Crippen LogP contribution in [-0.4, -0.2) is 34.5 Å². The van der Waals surface area contributed by atoms with E-state index in [0.29, 0.717) is 17.0 Å². The molecule has 3 aromatic carbocycles. The number of H-pyrrole nitrogens is 1. The van der Waals surface area contributed by atoms with Crippen LogP contribution < -0.4 is 10.2 Å². The average Bonchev–Trinajstić information content (AvgIpc) is 3.31. The molecular formula is C24H20N4O3. The molecule has 154 valence electrons. The molecule has 3 N–H and O–H groups in total. The van der Waals surface area contributed by atoms with E-state index in [1.54, 1.807) is 24.3 Å². The van der Waals surface area contributed by atoms with Gasteiger partial charge < -0.3 is 9.84 Å². The van der Waals surface area contributed by atoms with Crippen LogP contribution in [0.4, 0.5) is 0 Å². The summed E-state index contributed by atoms with van der Waals surface area (Å²) in [5.41, 5.74) is 6.89. The van der Waals surface area contributed by atoms with E-state index < -0.39 is 5.91 Å². The van der Waals surface area contributed by atoms with Gasteiger partial charge in [0.2, 0.25) is 0 Å². The number of aromatic hydroxyl groups is 1. The Morgan fingerprint density at radius 3 is 2.45 bits per heavy atom. The maximum atomic E-state index is 12.3. The van der Waals surface area contributed by atoms with E-state index in [1.807, 2.05) is 42.5 Å². The SMILES string of the molecule is COc1cccc(C=NNC(=O)c2cc(-c3ccc(-c4ccccc4)cc3)n[nH]2)c1O. The number of hydrogen-bond acceptors (Lipinski definition) is 5. The molecule has 0 unspecified atom stereocenters. The van der Waals surface area contributed by atoms with Gasteiger partial charge in [-0.05, 0) is 29.3 Å². The molecule has 0 saturated heterocycles. The molecule has 4 rings (SSSR count). The summed E-state index contributed by atoms with van der Waals surface area (Å²) in [5.74, 6) is -0.171. The second kappa shape index (κ2) is 8.96. The minimum atomic E-state index is -0.446. The molecule has 0 atom stereocenters. The molecule has 0 aliphatic rings. The molecule has 4 aromatic rings. The van der Waals surface area contributed by atoms with Gasteiger partial charge in [0.1, 0.15) is 5.69 Å². The maximum Gasteiger partial charge on any atom is 0.289 e. The molecule has 0 fully saturated rings. The van der Waals surface area contributed by atoms with Crippen LogP contribution in [0.25, 0.3) is 22.4 Å². The summed E-state index contributed by atoms with van der Waals surface area (Å²) in [7, 11) is 1.46. The maximum absolute atomic E-state index is 12.3. The number of carbonyl (C=O) groups excluding carboxylic acids is 1. The number of methoxy groups -OCH3 is 1. The van der Waals surface area contributed by atoms with E-state index in [-0.39, 0.29) is 11.4 Å². The summed E-state index contributed by atoms with van der Waals surface area (Å²) in [4.78, 5) is 12.3. The van der Waals surface area contributed by atoms with Crippen LogP contribution in [0.2, 0.25) is 0 Å². The summed E-state index contributed by atoms with van der Waals surface area (Å²) in [6.07, 6.45) is 1.34. The van der Waals surface area contributed by atoms with Crippen molar-refractivity contribution in [2.45, 2.75) is 0 Å². The number of amides is 1. The first-order valence-corrected chi connectivity index (χ1v) is 9.56. The first-order valence-electron chi connectivity index (χ1n) is 9.56. The van der Waals surface area contributed by atoms with Gasteiger partial charge in [-0.3, -0.25) is 9.89 Å². The van der Waals surface area contributed by atoms with Gasteiger partial charge in [-0.2, -0.15) is 10.2 Å². The number of hydrazone groups is 1. The zero-order chi connectivity index (χ0) is 21.6. The number of nitrogens with one attached hydrogen (secondary N) is 2. The summed E-state index contributed by atoms with van der Waals surface area (Å²) >= 11 is 0. The number of hydrogen-bond donors (Lipinski definition) is 3. The summed E-state index contributed by atoms with van der Waals surface area (Å²) in [5, 5.41) is 20.9. The van der Waals surface area contributed by atoms with Crippen molar-refractivity contribution in [3.8, 4) is 33.9 Å². The van der Waals surface area contributed by atoms with Gasteiger partial charge in [-0.1, -0.05) is 60.7 Å². The summed E-state index contributed by atoms with van der Waals surface area (Å²) < 4.78 is 5.05.